The third-order valence-electron chi connectivity index (χ3n) is 5.10. The number of carboxylic acid groups (broad SMARTS) is 1. The highest BCUT2D eigenvalue weighted by molar-refractivity contribution is 5.82. The molecule has 2 aromatic heterocycles. The van der Waals surface area contributed by atoms with Gasteiger partial charge >= 0.3 is 6.09 Å². The third kappa shape index (κ3) is 4.93. The number of amides is 1. The number of aromatic nitrogens is 4. The van der Waals surface area contributed by atoms with Crippen LogP contribution in [0.2, 0.25) is 0 Å². The Morgan fingerprint density at radius 2 is 2.10 bits per heavy atom. The predicted molar refractivity (Wildman–Crippen MR) is 110 cm³/mol. The van der Waals surface area contributed by atoms with E-state index in [0.29, 0.717) is 23.7 Å². The monoisotopic (exact) mass is 409 g/mol. The third-order valence-corrected chi connectivity index (χ3v) is 5.10. The van der Waals surface area contributed by atoms with Crippen LogP contribution in [0.5, 0.6) is 0 Å². The van der Waals surface area contributed by atoms with Crippen LogP contribution in [-0.2, 0) is 17.7 Å². The van der Waals surface area contributed by atoms with Crippen molar-refractivity contribution < 1.29 is 14.6 Å². The van der Waals surface area contributed by atoms with Gasteiger partial charge in [-0.25, -0.2) is 9.48 Å². The SMILES string of the molecule is O=C(O)Nc1cccc(Cc2nn(-c3cnn(CC4CCOCC4)c3)ccc2=O)c1. The van der Waals surface area contributed by atoms with E-state index >= 15 is 0 Å². The molecule has 0 radical (unpaired) electrons. The maximum absolute atomic E-state index is 12.3. The molecule has 1 amide bonds. The second kappa shape index (κ2) is 8.91. The number of benzene rings is 1. The van der Waals surface area contributed by atoms with Gasteiger partial charge in [-0.3, -0.25) is 14.8 Å². The van der Waals surface area contributed by atoms with Gasteiger partial charge in [0.05, 0.1) is 12.4 Å². The fraction of sp³-hybridized carbons (Fsp3) is 0.333. The fourth-order valence-corrected chi connectivity index (χ4v) is 3.55. The van der Waals surface area contributed by atoms with Crippen LogP contribution >= 0.6 is 0 Å². The molecule has 1 aliphatic heterocycles. The normalized spacial score (nSPS) is 14.5. The summed E-state index contributed by atoms with van der Waals surface area (Å²) in [5.74, 6) is 0.552. The first-order chi connectivity index (χ1) is 14.6. The van der Waals surface area contributed by atoms with Crippen LogP contribution in [0.15, 0.2) is 53.7 Å². The van der Waals surface area contributed by atoms with Gasteiger partial charge in [-0.05, 0) is 36.5 Å². The van der Waals surface area contributed by atoms with E-state index in [1.54, 1.807) is 35.3 Å². The molecule has 1 aromatic carbocycles. The molecule has 1 aliphatic rings. The summed E-state index contributed by atoms with van der Waals surface area (Å²) in [6.07, 6.45) is 6.52. The summed E-state index contributed by atoms with van der Waals surface area (Å²) in [5, 5.41) is 20.1. The number of hydrogen-bond acceptors (Lipinski definition) is 5. The van der Waals surface area contributed by atoms with Crippen LogP contribution in [-0.4, -0.2) is 44.0 Å². The quantitative estimate of drug-likeness (QED) is 0.647. The van der Waals surface area contributed by atoms with Crippen LogP contribution in [0, 0.1) is 5.92 Å². The summed E-state index contributed by atoms with van der Waals surface area (Å²) < 4.78 is 8.96. The van der Waals surface area contributed by atoms with Crippen molar-refractivity contribution in [2.75, 3.05) is 18.5 Å². The van der Waals surface area contributed by atoms with Gasteiger partial charge in [0.2, 0.25) is 5.43 Å². The Hall–Kier alpha value is -3.46. The number of nitrogens with zero attached hydrogens (tertiary/aromatic N) is 4. The number of anilines is 1. The minimum Gasteiger partial charge on any atom is -0.465 e. The molecule has 4 rings (SSSR count). The highest BCUT2D eigenvalue weighted by Gasteiger charge is 2.15. The minimum atomic E-state index is -1.13. The molecule has 1 fully saturated rings. The Balaban J connectivity index is 1.51. The van der Waals surface area contributed by atoms with Gasteiger partial charge in [0.15, 0.2) is 0 Å². The Morgan fingerprint density at radius 3 is 2.90 bits per heavy atom. The Morgan fingerprint density at radius 1 is 1.27 bits per heavy atom. The van der Waals surface area contributed by atoms with Gasteiger partial charge < -0.3 is 9.84 Å². The zero-order valence-corrected chi connectivity index (χ0v) is 16.4. The molecule has 0 bridgehead atoms. The van der Waals surface area contributed by atoms with E-state index < -0.39 is 6.09 Å². The summed E-state index contributed by atoms with van der Waals surface area (Å²) in [7, 11) is 0. The van der Waals surface area contributed by atoms with Gasteiger partial charge in [0.25, 0.3) is 0 Å². The molecule has 156 valence electrons. The van der Waals surface area contributed by atoms with E-state index in [1.807, 2.05) is 16.9 Å². The van der Waals surface area contributed by atoms with E-state index in [-0.39, 0.29) is 5.43 Å². The molecule has 0 saturated carbocycles. The van der Waals surface area contributed by atoms with Crippen molar-refractivity contribution in [2.45, 2.75) is 25.8 Å². The standard InChI is InChI=1S/C21H23N5O4/c27-20-4-7-26(18-12-22-25(14-18)13-15-5-8-30-9-6-15)24-19(20)11-16-2-1-3-17(10-16)23-21(28)29/h1-4,7,10,12,14-15,23H,5-6,8-9,11,13H2,(H,28,29). The van der Waals surface area contributed by atoms with Crippen molar-refractivity contribution in [3.05, 3.63) is 70.4 Å². The number of hydrogen-bond donors (Lipinski definition) is 2. The summed E-state index contributed by atoms with van der Waals surface area (Å²) >= 11 is 0. The molecular formula is C21H23N5O4. The summed E-state index contributed by atoms with van der Waals surface area (Å²) in [4.78, 5) is 23.2. The van der Waals surface area contributed by atoms with Crippen LogP contribution in [0.1, 0.15) is 24.1 Å². The van der Waals surface area contributed by atoms with Gasteiger partial charge in [-0.15, -0.1) is 0 Å². The second-order valence-corrected chi connectivity index (χ2v) is 7.35. The van der Waals surface area contributed by atoms with Crippen LogP contribution in [0.4, 0.5) is 10.5 Å². The van der Waals surface area contributed by atoms with Crippen molar-refractivity contribution in [3.8, 4) is 5.69 Å². The lowest BCUT2D eigenvalue weighted by Crippen LogP contribution is -2.20. The van der Waals surface area contributed by atoms with Crippen molar-refractivity contribution in [1.82, 2.24) is 19.6 Å². The largest absolute Gasteiger partial charge is 0.465 e. The first kappa shape index (κ1) is 19.8. The average molecular weight is 409 g/mol. The van der Waals surface area contributed by atoms with E-state index in [0.717, 1.165) is 43.9 Å². The molecule has 3 heterocycles. The maximum Gasteiger partial charge on any atom is 0.409 e. The van der Waals surface area contributed by atoms with Crippen molar-refractivity contribution in [3.63, 3.8) is 0 Å². The Kier molecular flexibility index (Phi) is 5.89. The molecule has 1 saturated heterocycles. The number of ether oxygens (including phenoxy) is 1. The highest BCUT2D eigenvalue weighted by Crippen LogP contribution is 2.17. The van der Waals surface area contributed by atoms with E-state index in [1.165, 1.54) is 6.07 Å². The Bertz CT molecular complexity index is 1080. The molecule has 9 nitrogen and oxygen atoms in total. The zero-order valence-electron chi connectivity index (χ0n) is 16.4. The predicted octanol–water partition coefficient (Wildman–Crippen LogP) is 2.54. The number of rotatable bonds is 6. The van der Waals surface area contributed by atoms with Gasteiger partial charge in [0, 0.05) is 44.1 Å². The van der Waals surface area contributed by atoms with Crippen LogP contribution in [0.25, 0.3) is 5.69 Å². The summed E-state index contributed by atoms with van der Waals surface area (Å²) in [5.41, 5.74) is 2.23. The first-order valence-electron chi connectivity index (χ1n) is 9.85. The van der Waals surface area contributed by atoms with Crippen LogP contribution in [0.3, 0.4) is 0 Å². The van der Waals surface area contributed by atoms with E-state index in [2.05, 4.69) is 15.5 Å². The first-order valence-corrected chi connectivity index (χ1v) is 9.85. The van der Waals surface area contributed by atoms with Crippen LogP contribution < -0.4 is 10.7 Å². The molecule has 0 unspecified atom stereocenters. The highest BCUT2D eigenvalue weighted by atomic mass is 16.5. The fourth-order valence-electron chi connectivity index (χ4n) is 3.55. The van der Waals surface area contributed by atoms with Crippen molar-refractivity contribution in [2.24, 2.45) is 5.92 Å². The van der Waals surface area contributed by atoms with E-state index in [4.69, 9.17) is 9.84 Å². The Labute approximate surface area is 172 Å². The second-order valence-electron chi connectivity index (χ2n) is 7.35. The molecular weight excluding hydrogens is 386 g/mol. The van der Waals surface area contributed by atoms with Crippen molar-refractivity contribution >= 4 is 11.8 Å². The number of nitrogens with one attached hydrogen (secondary N) is 1. The van der Waals surface area contributed by atoms with Gasteiger partial charge in [-0.2, -0.15) is 10.2 Å². The molecule has 0 spiro atoms. The number of carbonyl (C=O) groups is 1. The molecule has 3 aromatic rings. The smallest absolute Gasteiger partial charge is 0.409 e. The van der Waals surface area contributed by atoms with Gasteiger partial charge in [-0.1, -0.05) is 12.1 Å². The van der Waals surface area contributed by atoms with Gasteiger partial charge in [0.1, 0.15) is 11.4 Å². The molecule has 30 heavy (non-hydrogen) atoms. The molecule has 0 atom stereocenters. The lowest BCUT2D eigenvalue weighted by atomic mass is 10.0. The zero-order chi connectivity index (χ0) is 20.9. The lowest BCUT2D eigenvalue weighted by Gasteiger charge is -2.21. The molecule has 2 N–H and O–H groups in total. The lowest BCUT2D eigenvalue weighted by molar-refractivity contribution is 0.0601. The summed E-state index contributed by atoms with van der Waals surface area (Å²) in [6, 6.07) is 8.40. The summed E-state index contributed by atoms with van der Waals surface area (Å²) in [6.45, 7) is 2.43. The average Bonchev–Trinajstić information content (AvgIpc) is 3.19. The maximum atomic E-state index is 12.3. The van der Waals surface area contributed by atoms with Crippen molar-refractivity contribution in [1.29, 1.82) is 0 Å². The minimum absolute atomic E-state index is 0.169. The van der Waals surface area contributed by atoms with E-state index in [9.17, 15) is 9.59 Å². The molecule has 0 aliphatic carbocycles. The molecule has 9 heteroatoms. The topological polar surface area (TPSA) is 111 Å².